The zero-order valence-corrected chi connectivity index (χ0v) is 16.6. The summed E-state index contributed by atoms with van der Waals surface area (Å²) < 4.78 is 0. The lowest BCUT2D eigenvalue weighted by molar-refractivity contribution is -0.113. The Bertz CT molecular complexity index is 931. The van der Waals surface area contributed by atoms with E-state index in [0.717, 1.165) is 34.6 Å². The Kier molecular flexibility index (Phi) is 6.07. The van der Waals surface area contributed by atoms with Gasteiger partial charge in [0.1, 0.15) is 5.03 Å². The molecule has 2 aromatic carbocycles. The second-order valence-electron chi connectivity index (χ2n) is 7.02. The molecule has 1 aliphatic heterocycles. The van der Waals surface area contributed by atoms with Gasteiger partial charge in [0, 0.05) is 35.2 Å². The molecule has 1 saturated heterocycles. The summed E-state index contributed by atoms with van der Waals surface area (Å²) in [5, 5.41) is 14.0. The van der Waals surface area contributed by atoms with Crippen molar-refractivity contribution in [1.82, 2.24) is 10.2 Å². The largest absolute Gasteiger partial charge is 0.372 e. The molecule has 144 valence electrons. The normalized spacial score (nSPS) is 14.6. The van der Waals surface area contributed by atoms with Crippen LogP contribution in [0.5, 0.6) is 0 Å². The third-order valence-corrected chi connectivity index (χ3v) is 5.98. The molecule has 0 spiro atoms. The molecule has 3 aromatic rings. The van der Waals surface area contributed by atoms with Crippen molar-refractivity contribution >= 4 is 39.8 Å². The van der Waals surface area contributed by atoms with Crippen LogP contribution in [0.15, 0.2) is 59.8 Å². The smallest absolute Gasteiger partial charge is 0.234 e. The van der Waals surface area contributed by atoms with E-state index in [4.69, 9.17) is 0 Å². The number of nitrogens with zero attached hydrogens (tertiary/aromatic N) is 3. The molecule has 0 aliphatic carbocycles. The molecule has 1 amide bonds. The van der Waals surface area contributed by atoms with Crippen LogP contribution >= 0.6 is 11.8 Å². The van der Waals surface area contributed by atoms with Crippen molar-refractivity contribution in [3.63, 3.8) is 0 Å². The number of benzene rings is 2. The Morgan fingerprint density at radius 3 is 2.54 bits per heavy atom. The van der Waals surface area contributed by atoms with E-state index in [1.54, 1.807) is 6.20 Å². The molecule has 0 atom stereocenters. The van der Waals surface area contributed by atoms with E-state index in [9.17, 15) is 4.79 Å². The van der Waals surface area contributed by atoms with Crippen molar-refractivity contribution in [2.75, 3.05) is 29.1 Å². The van der Waals surface area contributed by atoms with Gasteiger partial charge in [-0.15, -0.1) is 5.10 Å². The molecule has 2 heterocycles. The Morgan fingerprint density at radius 1 is 1.00 bits per heavy atom. The van der Waals surface area contributed by atoms with Gasteiger partial charge in [-0.3, -0.25) is 4.79 Å². The minimum absolute atomic E-state index is 0.0396. The number of aromatic nitrogens is 2. The number of carbonyl (C=O) groups is 1. The van der Waals surface area contributed by atoms with Crippen LogP contribution in [0.25, 0.3) is 10.8 Å². The molecule has 1 aliphatic rings. The third-order valence-electron chi connectivity index (χ3n) is 5.00. The van der Waals surface area contributed by atoms with Crippen LogP contribution in [0.4, 0.5) is 11.4 Å². The zero-order chi connectivity index (χ0) is 19.2. The summed E-state index contributed by atoms with van der Waals surface area (Å²) in [6.07, 6.45) is 6.90. The van der Waals surface area contributed by atoms with Gasteiger partial charge >= 0.3 is 0 Å². The molecule has 1 fully saturated rings. The van der Waals surface area contributed by atoms with Gasteiger partial charge in [0.05, 0.1) is 11.9 Å². The van der Waals surface area contributed by atoms with E-state index >= 15 is 0 Å². The summed E-state index contributed by atoms with van der Waals surface area (Å²) >= 11 is 1.41. The Hall–Kier alpha value is -2.60. The second-order valence-corrected chi connectivity index (χ2v) is 7.99. The number of amides is 1. The number of hydrogen-bond donors (Lipinski definition) is 1. The van der Waals surface area contributed by atoms with E-state index in [0.29, 0.717) is 5.75 Å². The fourth-order valence-electron chi connectivity index (χ4n) is 3.52. The highest BCUT2D eigenvalue weighted by Gasteiger charge is 2.11. The van der Waals surface area contributed by atoms with Crippen molar-refractivity contribution < 1.29 is 4.79 Å². The van der Waals surface area contributed by atoms with Gasteiger partial charge in [0.2, 0.25) is 5.91 Å². The monoisotopic (exact) mass is 392 g/mol. The standard InChI is InChI=1S/C22H24N4OS/c27-21(16-28-22-20-8-4-3-7-17(20)15-23-25-22)24-18-9-11-19(12-10-18)26-13-5-1-2-6-14-26/h3-4,7-12,15H,1-2,5-6,13-14,16H2,(H,24,27). The van der Waals surface area contributed by atoms with Crippen molar-refractivity contribution in [3.8, 4) is 0 Å². The molecule has 0 saturated carbocycles. The molecule has 0 bridgehead atoms. The van der Waals surface area contributed by atoms with Crippen LogP contribution in [-0.4, -0.2) is 34.9 Å². The van der Waals surface area contributed by atoms with E-state index in [1.807, 2.05) is 36.4 Å². The fourth-order valence-corrected chi connectivity index (χ4v) is 4.31. The van der Waals surface area contributed by atoms with Crippen molar-refractivity contribution in [2.24, 2.45) is 0 Å². The summed E-state index contributed by atoms with van der Waals surface area (Å²) in [6.45, 7) is 2.24. The lowest BCUT2D eigenvalue weighted by Crippen LogP contribution is -2.23. The Labute approximate surface area is 169 Å². The maximum atomic E-state index is 12.4. The minimum Gasteiger partial charge on any atom is -0.372 e. The topological polar surface area (TPSA) is 58.1 Å². The van der Waals surface area contributed by atoms with Gasteiger partial charge in [0.25, 0.3) is 0 Å². The first-order valence-electron chi connectivity index (χ1n) is 9.78. The van der Waals surface area contributed by atoms with Gasteiger partial charge in [-0.05, 0) is 37.1 Å². The SMILES string of the molecule is O=C(CSc1nncc2ccccc12)Nc1ccc(N2CCCCCC2)cc1. The number of anilines is 2. The van der Waals surface area contributed by atoms with Crippen LogP contribution < -0.4 is 10.2 Å². The van der Waals surface area contributed by atoms with Crippen molar-refractivity contribution in [3.05, 3.63) is 54.7 Å². The molecular weight excluding hydrogens is 368 g/mol. The summed E-state index contributed by atoms with van der Waals surface area (Å²) in [4.78, 5) is 14.8. The average molecular weight is 393 g/mol. The first-order valence-corrected chi connectivity index (χ1v) is 10.8. The van der Waals surface area contributed by atoms with Crippen LogP contribution in [0.2, 0.25) is 0 Å². The fraction of sp³-hybridized carbons (Fsp3) is 0.318. The third kappa shape index (κ3) is 4.62. The van der Waals surface area contributed by atoms with E-state index in [-0.39, 0.29) is 5.91 Å². The lowest BCUT2D eigenvalue weighted by Gasteiger charge is -2.22. The van der Waals surface area contributed by atoms with Gasteiger partial charge in [-0.1, -0.05) is 48.9 Å². The lowest BCUT2D eigenvalue weighted by atomic mass is 10.2. The molecule has 4 rings (SSSR count). The molecular formula is C22H24N4OS. The van der Waals surface area contributed by atoms with Gasteiger partial charge in [-0.2, -0.15) is 5.10 Å². The summed E-state index contributed by atoms with van der Waals surface area (Å²) in [5.74, 6) is 0.263. The number of hydrogen-bond acceptors (Lipinski definition) is 5. The number of rotatable bonds is 5. The quantitative estimate of drug-likeness (QED) is 0.636. The van der Waals surface area contributed by atoms with Crippen LogP contribution in [0.1, 0.15) is 25.7 Å². The van der Waals surface area contributed by atoms with Gasteiger partial charge < -0.3 is 10.2 Å². The summed E-state index contributed by atoms with van der Waals surface area (Å²) in [6, 6.07) is 16.1. The number of fused-ring (bicyclic) bond motifs is 1. The molecule has 0 radical (unpaired) electrons. The Balaban J connectivity index is 1.34. The molecule has 1 N–H and O–H groups in total. The highest BCUT2D eigenvalue weighted by atomic mass is 32.2. The predicted octanol–water partition coefficient (Wildman–Crippen LogP) is 4.74. The predicted molar refractivity (Wildman–Crippen MR) is 116 cm³/mol. The number of carbonyl (C=O) groups excluding carboxylic acids is 1. The highest BCUT2D eigenvalue weighted by molar-refractivity contribution is 8.00. The first-order chi connectivity index (χ1) is 13.8. The average Bonchev–Trinajstić information content (AvgIpc) is 3.02. The van der Waals surface area contributed by atoms with Crippen LogP contribution in [0.3, 0.4) is 0 Å². The molecule has 0 unspecified atom stereocenters. The van der Waals surface area contributed by atoms with E-state index in [1.165, 1.54) is 43.1 Å². The van der Waals surface area contributed by atoms with E-state index < -0.39 is 0 Å². The first kappa shape index (κ1) is 18.7. The van der Waals surface area contributed by atoms with Crippen LogP contribution in [0, 0.1) is 0 Å². The maximum Gasteiger partial charge on any atom is 0.234 e. The second kappa shape index (κ2) is 9.06. The van der Waals surface area contributed by atoms with E-state index in [2.05, 4.69) is 32.5 Å². The van der Waals surface area contributed by atoms with Crippen LogP contribution in [-0.2, 0) is 4.79 Å². The van der Waals surface area contributed by atoms with Crippen molar-refractivity contribution in [1.29, 1.82) is 0 Å². The zero-order valence-electron chi connectivity index (χ0n) is 15.8. The summed E-state index contributed by atoms with van der Waals surface area (Å²) in [7, 11) is 0. The minimum atomic E-state index is -0.0396. The summed E-state index contributed by atoms with van der Waals surface area (Å²) in [5.41, 5.74) is 2.06. The molecule has 5 nitrogen and oxygen atoms in total. The molecule has 1 aromatic heterocycles. The highest BCUT2D eigenvalue weighted by Crippen LogP contribution is 2.25. The van der Waals surface area contributed by atoms with Gasteiger partial charge in [0.15, 0.2) is 0 Å². The Morgan fingerprint density at radius 2 is 1.75 bits per heavy atom. The van der Waals surface area contributed by atoms with Crippen molar-refractivity contribution in [2.45, 2.75) is 30.7 Å². The number of nitrogens with one attached hydrogen (secondary N) is 1. The van der Waals surface area contributed by atoms with Gasteiger partial charge in [-0.25, -0.2) is 0 Å². The maximum absolute atomic E-state index is 12.4. The number of thioether (sulfide) groups is 1. The molecule has 6 heteroatoms. The molecule has 28 heavy (non-hydrogen) atoms.